The summed E-state index contributed by atoms with van der Waals surface area (Å²) in [4.78, 5) is 10.3. The molecule has 0 saturated heterocycles. The Kier molecular flexibility index (Phi) is 6.65. The molecular weight excluding hydrogens is 392 g/mol. The van der Waals surface area contributed by atoms with Crippen LogP contribution in [0.25, 0.3) is 0 Å². The predicted octanol–water partition coefficient (Wildman–Crippen LogP) is 2.57. The molecule has 0 spiro atoms. The van der Waals surface area contributed by atoms with Crippen molar-refractivity contribution in [2.75, 3.05) is 33.2 Å². The van der Waals surface area contributed by atoms with Crippen molar-refractivity contribution in [2.24, 2.45) is 0 Å². The normalized spacial score (nSPS) is 11.0. The standard InChI is InChI=1S/C17H20N2O8S/c1-24-10-11-5-6-13(9-14(11)19(20)21)28(22,23)18-12-7-15(25-2)17(27-4)16(8-12)26-3/h5-9,18H,10H2,1-4H3. The fraction of sp³-hybridized carbons (Fsp3) is 0.294. The van der Waals surface area contributed by atoms with Gasteiger partial charge >= 0.3 is 0 Å². The largest absolute Gasteiger partial charge is 0.493 e. The molecule has 11 heteroatoms. The maximum atomic E-state index is 12.7. The fourth-order valence-electron chi connectivity index (χ4n) is 2.51. The fourth-order valence-corrected chi connectivity index (χ4v) is 3.57. The van der Waals surface area contributed by atoms with Gasteiger partial charge in [0.25, 0.3) is 15.7 Å². The number of ether oxygens (including phenoxy) is 4. The first-order chi connectivity index (χ1) is 13.3. The molecule has 0 fully saturated rings. The van der Waals surface area contributed by atoms with Gasteiger partial charge in [0, 0.05) is 25.3 Å². The van der Waals surface area contributed by atoms with E-state index >= 15 is 0 Å². The molecule has 0 atom stereocenters. The molecule has 0 aliphatic carbocycles. The Hall–Kier alpha value is -3.05. The van der Waals surface area contributed by atoms with Crippen molar-refractivity contribution in [1.29, 1.82) is 0 Å². The summed E-state index contributed by atoms with van der Waals surface area (Å²) in [6, 6.07) is 6.40. The summed E-state index contributed by atoms with van der Waals surface area (Å²) in [5.41, 5.74) is 0.0481. The molecule has 0 bridgehead atoms. The second-order valence-corrected chi connectivity index (χ2v) is 7.18. The summed E-state index contributed by atoms with van der Waals surface area (Å²) < 4.78 is 48.3. The first-order valence-corrected chi connectivity index (χ1v) is 9.34. The van der Waals surface area contributed by atoms with Gasteiger partial charge < -0.3 is 18.9 Å². The summed E-state index contributed by atoms with van der Waals surface area (Å²) in [6.45, 7) is -0.0169. The first-order valence-electron chi connectivity index (χ1n) is 7.86. The highest BCUT2D eigenvalue weighted by Gasteiger charge is 2.23. The molecular formula is C17H20N2O8S. The minimum Gasteiger partial charge on any atom is -0.493 e. The topological polar surface area (TPSA) is 126 Å². The van der Waals surface area contributed by atoms with Crippen LogP contribution in [0.3, 0.4) is 0 Å². The van der Waals surface area contributed by atoms with E-state index in [1.54, 1.807) is 0 Å². The van der Waals surface area contributed by atoms with Gasteiger partial charge in [-0.05, 0) is 12.1 Å². The van der Waals surface area contributed by atoms with E-state index in [0.29, 0.717) is 5.75 Å². The average molecular weight is 412 g/mol. The lowest BCUT2D eigenvalue weighted by molar-refractivity contribution is -0.386. The van der Waals surface area contributed by atoms with Gasteiger partial charge in [0.2, 0.25) is 5.75 Å². The molecule has 0 aromatic heterocycles. The van der Waals surface area contributed by atoms with Gasteiger partial charge in [-0.25, -0.2) is 8.42 Å². The summed E-state index contributed by atoms with van der Waals surface area (Å²) in [5, 5.41) is 11.3. The number of anilines is 1. The second kappa shape index (κ2) is 8.76. The number of hydrogen-bond donors (Lipinski definition) is 1. The van der Waals surface area contributed by atoms with Crippen molar-refractivity contribution in [3.63, 3.8) is 0 Å². The van der Waals surface area contributed by atoms with Crippen molar-refractivity contribution in [3.05, 3.63) is 46.0 Å². The molecule has 0 saturated carbocycles. The van der Waals surface area contributed by atoms with E-state index in [-0.39, 0.29) is 39.9 Å². The van der Waals surface area contributed by atoms with Crippen molar-refractivity contribution in [1.82, 2.24) is 0 Å². The van der Waals surface area contributed by atoms with Crippen molar-refractivity contribution in [2.45, 2.75) is 11.5 Å². The van der Waals surface area contributed by atoms with Crippen LogP contribution in [0.4, 0.5) is 11.4 Å². The minimum atomic E-state index is -4.12. The Morgan fingerprint density at radius 1 is 1.00 bits per heavy atom. The minimum absolute atomic E-state index is 0.0169. The summed E-state index contributed by atoms with van der Waals surface area (Å²) in [5.74, 6) is 0.800. The Balaban J connectivity index is 2.46. The highest BCUT2D eigenvalue weighted by atomic mass is 32.2. The van der Waals surface area contributed by atoms with Crippen LogP contribution in [0.1, 0.15) is 5.56 Å². The van der Waals surface area contributed by atoms with E-state index in [0.717, 1.165) is 6.07 Å². The molecule has 0 unspecified atom stereocenters. The van der Waals surface area contributed by atoms with Crippen LogP contribution in [0.15, 0.2) is 35.2 Å². The third kappa shape index (κ3) is 4.43. The highest BCUT2D eigenvalue weighted by molar-refractivity contribution is 7.92. The van der Waals surface area contributed by atoms with E-state index in [2.05, 4.69) is 4.72 Å². The van der Waals surface area contributed by atoms with Gasteiger partial charge in [-0.15, -0.1) is 0 Å². The number of nitrogens with zero attached hydrogens (tertiary/aromatic N) is 1. The number of sulfonamides is 1. The van der Waals surface area contributed by atoms with Gasteiger partial charge in [-0.2, -0.15) is 0 Å². The molecule has 2 aromatic carbocycles. The van der Waals surface area contributed by atoms with Crippen LogP contribution in [-0.2, 0) is 21.4 Å². The lowest BCUT2D eigenvalue weighted by Gasteiger charge is -2.15. The quantitative estimate of drug-likeness (QED) is 0.492. The van der Waals surface area contributed by atoms with E-state index in [1.807, 2.05) is 0 Å². The Morgan fingerprint density at radius 3 is 2.07 bits per heavy atom. The Labute approximate surface area is 162 Å². The van der Waals surface area contributed by atoms with Crippen LogP contribution >= 0.6 is 0 Å². The zero-order valence-electron chi connectivity index (χ0n) is 15.7. The number of nitro groups is 1. The highest BCUT2D eigenvalue weighted by Crippen LogP contribution is 2.40. The molecule has 0 aliphatic heterocycles. The zero-order valence-corrected chi connectivity index (χ0v) is 16.5. The van der Waals surface area contributed by atoms with Crippen LogP contribution in [0, 0.1) is 10.1 Å². The number of benzene rings is 2. The number of rotatable bonds is 9. The van der Waals surface area contributed by atoms with Crippen LogP contribution < -0.4 is 18.9 Å². The summed E-state index contributed by atoms with van der Waals surface area (Å²) in [7, 11) is 1.49. The third-order valence-electron chi connectivity index (χ3n) is 3.78. The predicted molar refractivity (Wildman–Crippen MR) is 101 cm³/mol. The SMILES string of the molecule is COCc1ccc(S(=O)(=O)Nc2cc(OC)c(OC)c(OC)c2)cc1[N+](=O)[O-]. The van der Waals surface area contributed by atoms with Crippen molar-refractivity contribution < 1.29 is 32.3 Å². The first kappa shape index (κ1) is 21.3. The van der Waals surface area contributed by atoms with Gasteiger partial charge in [0.05, 0.1) is 49.0 Å². The molecule has 2 rings (SSSR count). The Morgan fingerprint density at radius 2 is 1.61 bits per heavy atom. The van der Waals surface area contributed by atoms with Gasteiger partial charge in [-0.3, -0.25) is 14.8 Å². The maximum absolute atomic E-state index is 12.7. The van der Waals surface area contributed by atoms with E-state index in [9.17, 15) is 18.5 Å². The van der Waals surface area contributed by atoms with E-state index in [1.165, 1.54) is 52.7 Å². The second-order valence-electron chi connectivity index (χ2n) is 5.50. The van der Waals surface area contributed by atoms with E-state index < -0.39 is 14.9 Å². The molecule has 0 heterocycles. The molecule has 1 N–H and O–H groups in total. The average Bonchev–Trinajstić information content (AvgIpc) is 2.67. The lowest BCUT2D eigenvalue weighted by Crippen LogP contribution is -2.14. The summed E-state index contributed by atoms with van der Waals surface area (Å²) >= 11 is 0. The number of nitrogens with one attached hydrogen (secondary N) is 1. The zero-order chi connectivity index (χ0) is 20.9. The van der Waals surface area contributed by atoms with Crippen LogP contribution in [0.5, 0.6) is 17.2 Å². The van der Waals surface area contributed by atoms with E-state index in [4.69, 9.17) is 18.9 Å². The monoisotopic (exact) mass is 412 g/mol. The smallest absolute Gasteiger partial charge is 0.276 e. The van der Waals surface area contributed by atoms with Crippen molar-refractivity contribution >= 4 is 21.4 Å². The molecule has 0 amide bonds. The van der Waals surface area contributed by atoms with Gasteiger partial charge in [0.15, 0.2) is 11.5 Å². The lowest BCUT2D eigenvalue weighted by atomic mass is 10.2. The molecule has 0 radical (unpaired) electrons. The van der Waals surface area contributed by atoms with Gasteiger partial charge in [-0.1, -0.05) is 0 Å². The molecule has 0 aliphatic rings. The van der Waals surface area contributed by atoms with Crippen LogP contribution in [-0.4, -0.2) is 41.8 Å². The summed E-state index contributed by atoms with van der Waals surface area (Å²) in [6.07, 6.45) is 0. The molecule has 2 aromatic rings. The number of hydrogen-bond acceptors (Lipinski definition) is 8. The molecule has 152 valence electrons. The van der Waals surface area contributed by atoms with Crippen LogP contribution in [0.2, 0.25) is 0 Å². The number of methoxy groups -OCH3 is 4. The molecule has 10 nitrogen and oxygen atoms in total. The Bertz CT molecular complexity index is 950. The maximum Gasteiger partial charge on any atom is 0.276 e. The van der Waals surface area contributed by atoms with Crippen molar-refractivity contribution in [3.8, 4) is 17.2 Å². The van der Waals surface area contributed by atoms with Gasteiger partial charge in [0.1, 0.15) is 0 Å². The molecule has 28 heavy (non-hydrogen) atoms. The number of nitro benzene ring substituents is 1. The third-order valence-corrected chi connectivity index (χ3v) is 5.16.